The number of hydrogen-bond donors (Lipinski definition) is 1. The lowest BCUT2D eigenvalue weighted by molar-refractivity contribution is 0.403. The zero-order valence-electron chi connectivity index (χ0n) is 11.2. The molecule has 1 nitrogen and oxygen atoms in total. The molecule has 3 rings (SSSR count). The first-order chi connectivity index (χ1) is 9.75. The maximum absolute atomic E-state index is 6.16. The fourth-order valence-corrected chi connectivity index (χ4v) is 3.87. The van der Waals surface area contributed by atoms with Crippen LogP contribution in [0.15, 0.2) is 53.0 Å². The highest BCUT2D eigenvalue weighted by Gasteiger charge is 2.28. The van der Waals surface area contributed by atoms with Gasteiger partial charge in [0.05, 0.1) is 0 Å². The minimum atomic E-state index is 0.473. The Morgan fingerprint density at radius 1 is 1.05 bits per heavy atom. The Balaban J connectivity index is 1.98. The summed E-state index contributed by atoms with van der Waals surface area (Å²) in [6.07, 6.45) is 1.15. The first kappa shape index (κ1) is 14.1. The van der Waals surface area contributed by atoms with Crippen molar-refractivity contribution >= 4 is 27.5 Å². The maximum Gasteiger partial charge on any atom is 0.0408 e. The van der Waals surface area contributed by atoms with E-state index >= 15 is 0 Å². The molecule has 20 heavy (non-hydrogen) atoms. The molecular formula is C17H17BrClN. The molecule has 2 unspecified atom stereocenters. The Morgan fingerprint density at radius 2 is 1.90 bits per heavy atom. The van der Waals surface area contributed by atoms with Crippen LogP contribution in [0.5, 0.6) is 0 Å². The van der Waals surface area contributed by atoms with E-state index in [0.717, 1.165) is 24.5 Å². The topological polar surface area (TPSA) is 12.0 Å². The van der Waals surface area contributed by atoms with Crippen LogP contribution in [-0.4, -0.2) is 13.1 Å². The van der Waals surface area contributed by atoms with Gasteiger partial charge in [0.25, 0.3) is 0 Å². The van der Waals surface area contributed by atoms with E-state index in [1.165, 1.54) is 15.6 Å². The number of nitrogens with one attached hydrogen (secondary N) is 1. The molecule has 104 valence electrons. The lowest BCUT2D eigenvalue weighted by atomic mass is 9.77. The highest BCUT2D eigenvalue weighted by molar-refractivity contribution is 9.10. The lowest BCUT2D eigenvalue weighted by Gasteiger charge is -2.33. The zero-order chi connectivity index (χ0) is 13.9. The van der Waals surface area contributed by atoms with Crippen molar-refractivity contribution in [1.29, 1.82) is 0 Å². The van der Waals surface area contributed by atoms with Crippen LogP contribution in [0.25, 0.3) is 0 Å². The highest BCUT2D eigenvalue weighted by atomic mass is 79.9. The second kappa shape index (κ2) is 6.30. The van der Waals surface area contributed by atoms with Gasteiger partial charge >= 0.3 is 0 Å². The second-order valence-electron chi connectivity index (χ2n) is 5.28. The summed E-state index contributed by atoms with van der Waals surface area (Å²) in [7, 11) is 0. The highest BCUT2D eigenvalue weighted by Crippen LogP contribution is 2.40. The van der Waals surface area contributed by atoms with Crippen molar-refractivity contribution in [3.63, 3.8) is 0 Å². The van der Waals surface area contributed by atoms with Crippen molar-refractivity contribution < 1.29 is 0 Å². The summed E-state index contributed by atoms with van der Waals surface area (Å²) >= 11 is 9.86. The van der Waals surface area contributed by atoms with Crippen LogP contribution in [0, 0.1) is 0 Å². The van der Waals surface area contributed by atoms with Crippen molar-refractivity contribution in [3.8, 4) is 0 Å². The standard InChI is InChI=1S/C17H17BrClN/c18-17-7-2-1-6-15(17)14-8-9-20-11-16(14)12-4-3-5-13(19)10-12/h1-7,10,14,16,20H,8-9,11H2. The molecule has 0 spiro atoms. The largest absolute Gasteiger partial charge is 0.316 e. The van der Waals surface area contributed by atoms with Gasteiger partial charge < -0.3 is 5.32 Å². The molecule has 3 heteroatoms. The molecule has 1 aliphatic heterocycles. The van der Waals surface area contributed by atoms with E-state index in [2.05, 4.69) is 57.6 Å². The number of rotatable bonds is 2. The van der Waals surface area contributed by atoms with Gasteiger partial charge in [0, 0.05) is 22.0 Å². The quantitative estimate of drug-likeness (QED) is 0.807. The van der Waals surface area contributed by atoms with E-state index < -0.39 is 0 Å². The number of piperidine rings is 1. The summed E-state index contributed by atoms with van der Waals surface area (Å²) in [6.45, 7) is 2.08. The van der Waals surface area contributed by atoms with Crippen molar-refractivity contribution in [2.75, 3.05) is 13.1 Å². The molecule has 1 aliphatic rings. The predicted molar refractivity (Wildman–Crippen MR) is 88.6 cm³/mol. The summed E-state index contributed by atoms with van der Waals surface area (Å²) in [5.74, 6) is 1.01. The predicted octanol–water partition coefficient (Wildman–Crippen LogP) is 4.96. The zero-order valence-corrected chi connectivity index (χ0v) is 13.5. The molecule has 1 saturated heterocycles. The molecule has 1 fully saturated rings. The average molecular weight is 351 g/mol. The van der Waals surface area contributed by atoms with Gasteiger partial charge in [-0.3, -0.25) is 0 Å². The third-order valence-electron chi connectivity index (χ3n) is 4.06. The Morgan fingerprint density at radius 3 is 2.70 bits per heavy atom. The van der Waals surface area contributed by atoms with E-state index in [1.807, 2.05) is 12.1 Å². The minimum absolute atomic E-state index is 0.473. The summed E-state index contributed by atoms with van der Waals surface area (Å²) in [4.78, 5) is 0. The van der Waals surface area contributed by atoms with Crippen LogP contribution in [0.4, 0.5) is 0 Å². The molecule has 0 aliphatic carbocycles. The van der Waals surface area contributed by atoms with Gasteiger partial charge in [-0.15, -0.1) is 0 Å². The van der Waals surface area contributed by atoms with Crippen molar-refractivity contribution in [2.24, 2.45) is 0 Å². The molecule has 0 amide bonds. The number of benzene rings is 2. The molecule has 0 aromatic heterocycles. The Bertz CT molecular complexity index is 599. The number of hydrogen-bond acceptors (Lipinski definition) is 1. The second-order valence-corrected chi connectivity index (χ2v) is 6.57. The van der Waals surface area contributed by atoms with Gasteiger partial charge in [-0.1, -0.05) is 57.9 Å². The average Bonchev–Trinajstić information content (AvgIpc) is 2.48. The molecule has 0 radical (unpaired) electrons. The minimum Gasteiger partial charge on any atom is -0.316 e. The van der Waals surface area contributed by atoms with Gasteiger partial charge in [0.2, 0.25) is 0 Å². The van der Waals surface area contributed by atoms with E-state index in [0.29, 0.717) is 11.8 Å². The fourth-order valence-electron chi connectivity index (χ4n) is 3.09. The molecule has 2 atom stereocenters. The van der Waals surface area contributed by atoms with Crippen LogP contribution in [0.2, 0.25) is 5.02 Å². The monoisotopic (exact) mass is 349 g/mol. The van der Waals surface area contributed by atoms with E-state index in [4.69, 9.17) is 11.6 Å². The van der Waals surface area contributed by atoms with Crippen LogP contribution in [0.3, 0.4) is 0 Å². The summed E-state index contributed by atoms with van der Waals surface area (Å²) in [5.41, 5.74) is 2.73. The van der Waals surface area contributed by atoms with Gasteiger partial charge in [0.15, 0.2) is 0 Å². The smallest absolute Gasteiger partial charge is 0.0408 e. The fraction of sp³-hybridized carbons (Fsp3) is 0.294. The molecule has 1 N–H and O–H groups in total. The van der Waals surface area contributed by atoms with Crippen molar-refractivity contribution in [1.82, 2.24) is 5.32 Å². The van der Waals surface area contributed by atoms with Crippen LogP contribution in [-0.2, 0) is 0 Å². The maximum atomic E-state index is 6.16. The van der Waals surface area contributed by atoms with Crippen LogP contribution < -0.4 is 5.32 Å². The van der Waals surface area contributed by atoms with E-state index in [9.17, 15) is 0 Å². The van der Waals surface area contributed by atoms with Gasteiger partial charge in [-0.05, 0) is 48.2 Å². The van der Waals surface area contributed by atoms with Gasteiger partial charge in [-0.25, -0.2) is 0 Å². The van der Waals surface area contributed by atoms with Crippen LogP contribution in [0.1, 0.15) is 29.4 Å². The summed E-state index contributed by atoms with van der Waals surface area (Å²) in [5, 5.41) is 4.33. The van der Waals surface area contributed by atoms with Crippen molar-refractivity contribution in [3.05, 3.63) is 69.2 Å². The molecule has 0 saturated carbocycles. The third-order valence-corrected chi connectivity index (χ3v) is 5.02. The Hall–Kier alpha value is -0.830. The molecule has 1 heterocycles. The molecule has 2 aromatic rings. The first-order valence-corrected chi connectivity index (χ1v) is 8.13. The van der Waals surface area contributed by atoms with E-state index in [-0.39, 0.29) is 0 Å². The normalized spacial score (nSPS) is 22.7. The third kappa shape index (κ3) is 2.93. The summed E-state index contributed by atoms with van der Waals surface area (Å²) in [6, 6.07) is 16.8. The Labute approximate surface area is 133 Å². The van der Waals surface area contributed by atoms with Crippen molar-refractivity contribution in [2.45, 2.75) is 18.3 Å². The lowest BCUT2D eigenvalue weighted by Crippen LogP contribution is -2.34. The van der Waals surface area contributed by atoms with Gasteiger partial charge in [0.1, 0.15) is 0 Å². The Kier molecular flexibility index (Phi) is 4.45. The SMILES string of the molecule is Clc1cccc(C2CNCCC2c2ccccc2Br)c1. The molecular weight excluding hydrogens is 334 g/mol. The summed E-state index contributed by atoms with van der Waals surface area (Å²) < 4.78 is 1.21. The molecule has 0 bridgehead atoms. The van der Waals surface area contributed by atoms with E-state index in [1.54, 1.807) is 0 Å². The van der Waals surface area contributed by atoms with Gasteiger partial charge in [-0.2, -0.15) is 0 Å². The molecule has 2 aromatic carbocycles. The first-order valence-electron chi connectivity index (χ1n) is 6.96. The van der Waals surface area contributed by atoms with Crippen LogP contribution >= 0.6 is 27.5 Å². The number of halogens is 2.